The lowest BCUT2D eigenvalue weighted by molar-refractivity contribution is -0.138. The molecule has 0 spiro atoms. The van der Waals surface area contributed by atoms with Gasteiger partial charge in [0.2, 0.25) is 17.7 Å². The van der Waals surface area contributed by atoms with Crippen LogP contribution >= 0.6 is 22.7 Å². The smallest absolute Gasteiger partial charge is 0.410 e. The van der Waals surface area contributed by atoms with Crippen LogP contribution in [0, 0.1) is 5.92 Å². The summed E-state index contributed by atoms with van der Waals surface area (Å²) >= 11 is 3.30. The summed E-state index contributed by atoms with van der Waals surface area (Å²) in [6, 6.07) is 25.6. The fourth-order valence-electron chi connectivity index (χ4n) is 9.52. The number of aromatic nitrogens is 2. The van der Waals surface area contributed by atoms with Crippen LogP contribution in [-0.2, 0) is 19.1 Å². The zero-order valence-electron chi connectivity index (χ0n) is 38.0. The number of benzene rings is 3. The summed E-state index contributed by atoms with van der Waals surface area (Å²) in [5, 5.41) is 5.02. The van der Waals surface area contributed by atoms with Gasteiger partial charge in [0, 0.05) is 50.9 Å². The molecule has 0 unspecified atom stereocenters. The molecule has 66 heavy (non-hydrogen) atoms. The second kappa shape index (κ2) is 19.9. The van der Waals surface area contributed by atoms with E-state index in [1.807, 2.05) is 73.3 Å². The standard InChI is InChI=1S/C53H58N6O5S2/c1-53(2,3)64-52(63)57-30-26-41(27-31-57)48(61)56-47(40-14-8-5-9-15-40)51(62)59-29-11-17-43(59)50-55-34-45(66-50)39-24-20-37(21-25-39)36-18-22-38(23-19-36)44-33-54-49(65-44)42-16-10-28-58(42)46(60)32-35-12-6-4-7-13-35/h4-6,8-9,12,14-15,18-25,33-34,41-43,47H,7,10-11,13,16-17,26-32H2,1-3H3,(H,56,61)/t42-,43-,47+/m0/s1. The fourth-order valence-corrected chi connectivity index (χ4v) is 11.7. The molecule has 3 aromatic carbocycles. The van der Waals surface area contributed by atoms with Crippen LogP contribution in [0.15, 0.2) is 115 Å². The van der Waals surface area contributed by atoms with Crippen molar-refractivity contribution < 1.29 is 23.9 Å². The highest BCUT2D eigenvalue weighted by molar-refractivity contribution is 7.15. The van der Waals surface area contributed by atoms with Crippen LogP contribution < -0.4 is 5.32 Å². The lowest BCUT2D eigenvalue weighted by Crippen LogP contribution is -2.47. The van der Waals surface area contributed by atoms with E-state index in [0.29, 0.717) is 38.9 Å². The molecule has 11 nitrogen and oxygen atoms in total. The van der Waals surface area contributed by atoms with Crippen LogP contribution in [0.4, 0.5) is 4.79 Å². The minimum Gasteiger partial charge on any atom is -0.444 e. The number of carbonyl (C=O) groups is 4. The number of allylic oxidation sites excluding steroid dienone is 3. The summed E-state index contributed by atoms with van der Waals surface area (Å²) in [6.07, 6.45) is 16.9. The fraction of sp³-hybridized carbons (Fsp3) is 0.396. The van der Waals surface area contributed by atoms with E-state index in [2.05, 4.69) is 72.1 Å². The van der Waals surface area contributed by atoms with E-state index in [1.54, 1.807) is 27.6 Å². The van der Waals surface area contributed by atoms with E-state index in [1.165, 1.54) is 5.57 Å². The molecule has 13 heteroatoms. The number of likely N-dealkylation sites (tertiary alicyclic amines) is 3. The molecule has 1 aliphatic carbocycles. The highest BCUT2D eigenvalue weighted by Gasteiger charge is 2.39. The minimum absolute atomic E-state index is 0.0458. The Kier molecular flexibility index (Phi) is 13.6. The normalized spacial score (nSPS) is 19.4. The molecule has 5 aromatic rings. The summed E-state index contributed by atoms with van der Waals surface area (Å²) in [7, 11) is 0. The molecular formula is C53H58N6O5S2. The molecule has 1 N–H and O–H groups in total. The Morgan fingerprint density at radius 1 is 0.727 bits per heavy atom. The lowest BCUT2D eigenvalue weighted by Gasteiger charge is -2.34. The highest BCUT2D eigenvalue weighted by Crippen LogP contribution is 2.41. The number of thiazole rings is 2. The lowest BCUT2D eigenvalue weighted by atomic mass is 9.95. The first-order valence-electron chi connectivity index (χ1n) is 23.4. The van der Waals surface area contributed by atoms with Crippen LogP contribution in [0.25, 0.3) is 32.0 Å². The number of hydrogen-bond acceptors (Lipinski definition) is 9. The van der Waals surface area contributed by atoms with Gasteiger partial charge in [-0.15, -0.1) is 22.7 Å². The third-order valence-corrected chi connectivity index (χ3v) is 15.4. The van der Waals surface area contributed by atoms with Crippen LogP contribution in [0.1, 0.15) is 112 Å². The Labute approximate surface area is 395 Å². The first-order valence-corrected chi connectivity index (χ1v) is 25.0. The third-order valence-electron chi connectivity index (χ3n) is 13.1. The van der Waals surface area contributed by atoms with Crippen LogP contribution in [-0.4, -0.2) is 80.3 Å². The van der Waals surface area contributed by atoms with Gasteiger partial charge in [-0.1, -0.05) is 103 Å². The van der Waals surface area contributed by atoms with Gasteiger partial charge in [-0.2, -0.15) is 0 Å². The van der Waals surface area contributed by atoms with E-state index < -0.39 is 11.6 Å². The summed E-state index contributed by atoms with van der Waals surface area (Å²) in [5.41, 5.74) is 5.76. The van der Waals surface area contributed by atoms with Gasteiger partial charge in [-0.25, -0.2) is 14.8 Å². The molecule has 0 bridgehead atoms. The number of rotatable bonds is 11. The topological polar surface area (TPSA) is 125 Å². The molecule has 0 saturated carbocycles. The Bertz CT molecular complexity index is 2590. The van der Waals surface area contributed by atoms with Gasteiger partial charge in [-0.05, 0) is 100.0 Å². The monoisotopic (exact) mass is 922 g/mol. The molecule has 4 aliphatic rings. The van der Waals surface area contributed by atoms with Crippen molar-refractivity contribution in [2.45, 2.75) is 102 Å². The highest BCUT2D eigenvalue weighted by atomic mass is 32.1. The maximum Gasteiger partial charge on any atom is 0.410 e. The number of carbonyl (C=O) groups excluding carboxylic acids is 4. The van der Waals surface area contributed by atoms with Crippen molar-refractivity contribution in [1.82, 2.24) is 30.0 Å². The summed E-state index contributed by atoms with van der Waals surface area (Å²) in [4.78, 5) is 71.7. The first-order chi connectivity index (χ1) is 32.0. The predicted octanol–water partition coefficient (Wildman–Crippen LogP) is 11.1. The van der Waals surface area contributed by atoms with Crippen LogP contribution in [0.3, 0.4) is 0 Å². The van der Waals surface area contributed by atoms with Crippen molar-refractivity contribution in [2.75, 3.05) is 26.2 Å². The van der Waals surface area contributed by atoms with Gasteiger partial charge < -0.3 is 24.8 Å². The average Bonchev–Trinajstić information content (AvgIpc) is 4.19. The van der Waals surface area contributed by atoms with Gasteiger partial charge >= 0.3 is 6.09 Å². The molecule has 9 rings (SSSR count). The molecular weight excluding hydrogens is 865 g/mol. The van der Waals surface area contributed by atoms with Crippen molar-refractivity contribution in [3.63, 3.8) is 0 Å². The van der Waals surface area contributed by atoms with E-state index in [9.17, 15) is 19.2 Å². The van der Waals surface area contributed by atoms with Gasteiger partial charge in [0.05, 0.1) is 21.8 Å². The predicted molar refractivity (Wildman–Crippen MR) is 260 cm³/mol. The first kappa shape index (κ1) is 45.2. The van der Waals surface area contributed by atoms with Crippen LogP contribution in [0.5, 0.6) is 0 Å². The van der Waals surface area contributed by atoms with E-state index >= 15 is 0 Å². The Morgan fingerprint density at radius 2 is 1.29 bits per heavy atom. The maximum absolute atomic E-state index is 14.5. The molecule has 2 aromatic heterocycles. The molecule has 0 radical (unpaired) electrons. The molecule has 4 amide bonds. The molecule has 3 aliphatic heterocycles. The second-order valence-electron chi connectivity index (χ2n) is 18.8. The largest absolute Gasteiger partial charge is 0.444 e. The summed E-state index contributed by atoms with van der Waals surface area (Å²) in [6.45, 7) is 7.75. The maximum atomic E-state index is 14.5. The van der Waals surface area contributed by atoms with E-state index in [-0.39, 0.29) is 41.8 Å². The average molecular weight is 923 g/mol. The van der Waals surface area contributed by atoms with Crippen molar-refractivity contribution in [2.24, 2.45) is 5.92 Å². The summed E-state index contributed by atoms with van der Waals surface area (Å²) < 4.78 is 5.55. The molecule has 3 fully saturated rings. The Morgan fingerprint density at radius 3 is 1.85 bits per heavy atom. The minimum atomic E-state index is -0.837. The van der Waals surface area contributed by atoms with Crippen molar-refractivity contribution >= 4 is 46.5 Å². The zero-order valence-corrected chi connectivity index (χ0v) is 39.6. The van der Waals surface area contributed by atoms with Gasteiger partial charge in [0.25, 0.3) is 0 Å². The summed E-state index contributed by atoms with van der Waals surface area (Å²) in [5.74, 6) is -0.427. The molecule has 342 valence electrons. The Hall–Kier alpha value is -5.92. The van der Waals surface area contributed by atoms with Gasteiger partial charge in [0.1, 0.15) is 21.7 Å². The van der Waals surface area contributed by atoms with E-state index in [0.717, 1.165) is 92.7 Å². The van der Waals surface area contributed by atoms with Crippen LogP contribution in [0.2, 0.25) is 0 Å². The molecule has 5 heterocycles. The molecule has 3 atom stereocenters. The molecule has 3 saturated heterocycles. The van der Waals surface area contributed by atoms with Crippen molar-refractivity contribution in [3.05, 3.63) is 131 Å². The van der Waals surface area contributed by atoms with E-state index in [4.69, 9.17) is 14.7 Å². The zero-order chi connectivity index (χ0) is 45.8. The number of hydrogen-bond donors (Lipinski definition) is 1. The van der Waals surface area contributed by atoms with Gasteiger partial charge in [-0.3, -0.25) is 14.4 Å². The quantitative estimate of drug-likeness (QED) is 0.140. The van der Waals surface area contributed by atoms with Gasteiger partial charge in [0.15, 0.2) is 0 Å². The number of ether oxygens (including phenoxy) is 1. The number of nitrogens with one attached hydrogen (secondary N) is 1. The number of amides is 4. The SMILES string of the molecule is CC(C)(C)OC(=O)N1CCC(C(=O)N[C@@H](C(=O)N2CCC[C@H]2c2ncc(-c3ccc(-c4ccc(-c5cnc([C@@H]6CCCN6C(=O)CC6=CC=CCC6)s5)cc4)cc3)s2)c2ccccc2)CC1. The number of nitrogens with zero attached hydrogens (tertiary/aromatic N) is 5. The number of piperidine rings is 1. The Balaban J connectivity index is 0.826. The van der Waals surface area contributed by atoms with Crippen molar-refractivity contribution in [1.29, 1.82) is 0 Å². The van der Waals surface area contributed by atoms with Crippen molar-refractivity contribution in [3.8, 4) is 32.0 Å². The third kappa shape index (κ3) is 10.4. The second-order valence-corrected chi connectivity index (χ2v) is 20.9.